The average Bonchev–Trinajstić information content (AvgIpc) is 3.20. The second-order valence-electron chi connectivity index (χ2n) is 9.04. The van der Waals surface area contributed by atoms with Crippen LogP contribution in [0.25, 0.3) is 0 Å². The number of ether oxygens (including phenoxy) is 3. The second-order valence-corrected chi connectivity index (χ2v) is 9.04. The number of methoxy groups -OCH3 is 1. The number of rotatable bonds is 4. The predicted molar refractivity (Wildman–Crippen MR) is 95.2 cm³/mol. The maximum Gasteiger partial charge on any atom is 0.334 e. The lowest BCUT2D eigenvalue weighted by Crippen LogP contribution is -2.57. The van der Waals surface area contributed by atoms with E-state index in [1.54, 1.807) is 7.11 Å². The van der Waals surface area contributed by atoms with Gasteiger partial charge in [0.1, 0.15) is 6.61 Å². The van der Waals surface area contributed by atoms with E-state index in [0.717, 1.165) is 37.7 Å². The topological polar surface area (TPSA) is 61.8 Å². The fraction of sp³-hybridized carbons (Fsp3) is 0.810. The highest BCUT2D eigenvalue weighted by molar-refractivity contribution is 5.92. The highest BCUT2D eigenvalue weighted by Gasteiger charge is 2.63. The molecule has 5 nitrogen and oxygen atoms in total. The Hall–Kier alpha value is -1.36. The molecule has 2 aliphatic carbocycles. The minimum absolute atomic E-state index is 0.0536. The highest BCUT2D eigenvalue weighted by Crippen LogP contribution is 2.64. The van der Waals surface area contributed by atoms with Crippen molar-refractivity contribution in [3.05, 3.63) is 11.6 Å². The molecular formula is C21H30O5. The van der Waals surface area contributed by atoms with Crippen LogP contribution in [-0.4, -0.2) is 38.4 Å². The van der Waals surface area contributed by atoms with Gasteiger partial charge in [0.05, 0.1) is 19.1 Å². The second kappa shape index (κ2) is 6.36. The van der Waals surface area contributed by atoms with Gasteiger partial charge in [-0.1, -0.05) is 19.9 Å². The summed E-state index contributed by atoms with van der Waals surface area (Å²) in [4.78, 5) is 23.8. The van der Waals surface area contributed by atoms with Crippen molar-refractivity contribution in [3.63, 3.8) is 0 Å². The molecule has 0 aromatic rings. The van der Waals surface area contributed by atoms with Gasteiger partial charge in [0, 0.05) is 24.0 Å². The number of hydrogen-bond acceptors (Lipinski definition) is 5. The fourth-order valence-corrected chi connectivity index (χ4v) is 6.30. The summed E-state index contributed by atoms with van der Waals surface area (Å²) in [5.74, 6) is 0.944. The third-order valence-corrected chi connectivity index (χ3v) is 7.98. The largest absolute Gasteiger partial charge is 0.465 e. The Kier molecular flexibility index (Phi) is 4.41. The van der Waals surface area contributed by atoms with Crippen molar-refractivity contribution in [2.24, 2.45) is 28.6 Å². The molecule has 6 unspecified atom stereocenters. The normalized spacial score (nSPS) is 44.8. The lowest BCUT2D eigenvalue weighted by atomic mass is 9.46. The first-order valence-corrected chi connectivity index (χ1v) is 9.97. The van der Waals surface area contributed by atoms with Crippen LogP contribution in [0.3, 0.4) is 0 Å². The number of carbonyl (C=O) groups excluding carboxylic acids is 2. The molecule has 2 heterocycles. The van der Waals surface area contributed by atoms with E-state index in [1.165, 1.54) is 0 Å². The van der Waals surface area contributed by atoms with Crippen LogP contribution in [0.5, 0.6) is 0 Å². The Morgan fingerprint density at radius 2 is 2.12 bits per heavy atom. The number of cyclic esters (lactones) is 2. The lowest BCUT2D eigenvalue weighted by Gasteiger charge is -2.58. The molecule has 2 saturated heterocycles. The van der Waals surface area contributed by atoms with Crippen LogP contribution in [0.2, 0.25) is 0 Å². The van der Waals surface area contributed by atoms with Crippen LogP contribution >= 0.6 is 0 Å². The van der Waals surface area contributed by atoms with Crippen LogP contribution in [0.4, 0.5) is 0 Å². The summed E-state index contributed by atoms with van der Waals surface area (Å²) < 4.78 is 16.6. The lowest BCUT2D eigenvalue weighted by molar-refractivity contribution is -0.142. The van der Waals surface area contributed by atoms with Gasteiger partial charge in [-0.2, -0.15) is 0 Å². The van der Waals surface area contributed by atoms with E-state index < -0.39 is 0 Å². The van der Waals surface area contributed by atoms with Gasteiger partial charge in [0.2, 0.25) is 0 Å². The van der Waals surface area contributed by atoms with Crippen LogP contribution in [0.1, 0.15) is 52.4 Å². The SMILES string of the molecule is COC1CC23COC(=O)C2=CCCC3C(C)(CCC2COC(=O)C2)C1C. The molecule has 3 fully saturated rings. The highest BCUT2D eigenvalue weighted by atomic mass is 16.5. The van der Waals surface area contributed by atoms with Gasteiger partial charge in [0.25, 0.3) is 0 Å². The third kappa shape index (κ3) is 2.54. The molecule has 0 bridgehead atoms. The number of allylic oxidation sites excluding steroid dienone is 1. The molecule has 0 radical (unpaired) electrons. The smallest absolute Gasteiger partial charge is 0.334 e. The van der Waals surface area contributed by atoms with E-state index in [1.807, 2.05) is 0 Å². The number of carbonyl (C=O) groups is 2. The summed E-state index contributed by atoms with van der Waals surface area (Å²) in [5.41, 5.74) is 0.755. The summed E-state index contributed by atoms with van der Waals surface area (Å²) in [6.45, 7) is 5.72. The molecule has 2 aliphatic heterocycles. The van der Waals surface area contributed by atoms with Crippen molar-refractivity contribution in [2.75, 3.05) is 20.3 Å². The average molecular weight is 362 g/mol. The third-order valence-electron chi connectivity index (χ3n) is 7.98. The van der Waals surface area contributed by atoms with Gasteiger partial charge in [-0.3, -0.25) is 4.79 Å². The van der Waals surface area contributed by atoms with Crippen LogP contribution in [0.15, 0.2) is 11.6 Å². The molecule has 1 saturated carbocycles. The molecule has 0 aromatic heterocycles. The first-order valence-electron chi connectivity index (χ1n) is 9.97. The summed E-state index contributed by atoms with van der Waals surface area (Å²) in [6.07, 6.45) is 7.70. The summed E-state index contributed by atoms with van der Waals surface area (Å²) in [7, 11) is 1.78. The Morgan fingerprint density at radius 3 is 2.81 bits per heavy atom. The van der Waals surface area contributed by atoms with Crippen molar-refractivity contribution in [1.82, 2.24) is 0 Å². The van der Waals surface area contributed by atoms with Crippen molar-refractivity contribution in [3.8, 4) is 0 Å². The first kappa shape index (κ1) is 18.0. The zero-order valence-corrected chi connectivity index (χ0v) is 16.1. The van der Waals surface area contributed by atoms with Crippen molar-refractivity contribution < 1.29 is 23.8 Å². The van der Waals surface area contributed by atoms with Gasteiger partial charge in [-0.15, -0.1) is 0 Å². The molecule has 5 heteroatoms. The van der Waals surface area contributed by atoms with E-state index in [9.17, 15) is 9.59 Å². The maximum absolute atomic E-state index is 12.4. The van der Waals surface area contributed by atoms with Gasteiger partial charge in [0.15, 0.2) is 0 Å². The molecule has 0 N–H and O–H groups in total. The minimum Gasteiger partial charge on any atom is -0.465 e. The number of esters is 2. The Labute approximate surface area is 155 Å². The van der Waals surface area contributed by atoms with Gasteiger partial charge in [-0.25, -0.2) is 4.79 Å². The summed E-state index contributed by atoms with van der Waals surface area (Å²) in [5, 5.41) is 0. The fourth-order valence-electron chi connectivity index (χ4n) is 6.30. The maximum atomic E-state index is 12.4. The quantitative estimate of drug-likeness (QED) is 0.718. The zero-order chi connectivity index (χ0) is 18.5. The van der Waals surface area contributed by atoms with Gasteiger partial charge in [-0.05, 0) is 49.4 Å². The predicted octanol–water partition coefficient (Wildman–Crippen LogP) is 3.27. The Bertz CT molecular complexity index is 640. The Morgan fingerprint density at radius 1 is 1.31 bits per heavy atom. The molecule has 4 aliphatic rings. The summed E-state index contributed by atoms with van der Waals surface area (Å²) >= 11 is 0. The van der Waals surface area contributed by atoms with E-state index in [-0.39, 0.29) is 28.9 Å². The molecule has 144 valence electrons. The molecule has 1 spiro atoms. The van der Waals surface area contributed by atoms with Crippen LogP contribution < -0.4 is 0 Å². The molecular weight excluding hydrogens is 332 g/mol. The molecule has 6 atom stereocenters. The minimum atomic E-state index is -0.195. The van der Waals surface area contributed by atoms with E-state index in [2.05, 4.69) is 19.9 Å². The van der Waals surface area contributed by atoms with Crippen LogP contribution in [-0.2, 0) is 23.8 Å². The molecule has 0 aromatic carbocycles. The van der Waals surface area contributed by atoms with E-state index >= 15 is 0 Å². The van der Waals surface area contributed by atoms with Crippen molar-refractivity contribution in [1.29, 1.82) is 0 Å². The number of hydrogen-bond donors (Lipinski definition) is 0. The van der Waals surface area contributed by atoms with Crippen LogP contribution in [0, 0.1) is 28.6 Å². The molecule has 0 amide bonds. The van der Waals surface area contributed by atoms with E-state index in [4.69, 9.17) is 14.2 Å². The van der Waals surface area contributed by atoms with E-state index in [0.29, 0.717) is 37.4 Å². The van der Waals surface area contributed by atoms with Crippen molar-refractivity contribution >= 4 is 11.9 Å². The standard InChI is InChI=1S/C21H30O5/c1-13-16(24-3)10-21-12-26-19(23)15(21)5-4-6-17(21)20(13,2)8-7-14-9-18(22)25-11-14/h5,13-14,16-17H,4,6-12H2,1-3H3. The van der Waals surface area contributed by atoms with Gasteiger partial charge >= 0.3 is 11.9 Å². The molecule has 4 rings (SSSR count). The Balaban J connectivity index is 1.64. The summed E-state index contributed by atoms with van der Waals surface area (Å²) in [6, 6.07) is 0. The monoisotopic (exact) mass is 362 g/mol. The zero-order valence-electron chi connectivity index (χ0n) is 16.1. The van der Waals surface area contributed by atoms with Crippen molar-refractivity contribution in [2.45, 2.75) is 58.5 Å². The first-order chi connectivity index (χ1) is 12.4. The van der Waals surface area contributed by atoms with Gasteiger partial charge < -0.3 is 14.2 Å². The molecule has 26 heavy (non-hydrogen) atoms.